The van der Waals surface area contributed by atoms with Crippen LogP contribution in [0.3, 0.4) is 0 Å². The summed E-state index contributed by atoms with van der Waals surface area (Å²) in [6.45, 7) is 1.61. The summed E-state index contributed by atoms with van der Waals surface area (Å²) in [6, 6.07) is 10.1. The molecule has 1 unspecified atom stereocenters. The van der Waals surface area contributed by atoms with Gasteiger partial charge in [0.1, 0.15) is 5.75 Å². The van der Waals surface area contributed by atoms with Gasteiger partial charge in [0.05, 0.1) is 12.8 Å². The van der Waals surface area contributed by atoms with Gasteiger partial charge in [0, 0.05) is 30.9 Å². The number of nitrogens with two attached hydrogens (primary N) is 1. The molecule has 2 heterocycles. The third-order valence-corrected chi connectivity index (χ3v) is 3.93. The fourth-order valence-corrected chi connectivity index (χ4v) is 2.84. The van der Waals surface area contributed by atoms with Crippen molar-refractivity contribution in [1.29, 1.82) is 0 Å². The Morgan fingerprint density at radius 2 is 2.19 bits per heavy atom. The molecule has 1 aliphatic rings. The normalized spacial score (nSPS) is 18.0. The summed E-state index contributed by atoms with van der Waals surface area (Å²) in [5.74, 6) is 1.57. The molecule has 0 bridgehead atoms. The van der Waals surface area contributed by atoms with Crippen LogP contribution in [0, 0.1) is 0 Å². The van der Waals surface area contributed by atoms with Gasteiger partial charge < -0.3 is 15.4 Å². The Hall–Kier alpha value is -2.14. The zero-order valence-corrected chi connectivity index (χ0v) is 12.2. The Morgan fingerprint density at radius 3 is 3.00 bits per heavy atom. The monoisotopic (exact) mass is 284 g/mol. The number of aromatic nitrogens is 2. The van der Waals surface area contributed by atoms with Gasteiger partial charge in [-0.15, -0.1) is 0 Å². The number of methoxy groups -OCH3 is 1. The number of hydrogen-bond donors (Lipinski definition) is 1. The average Bonchev–Trinajstić information content (AvgIpc) is 3.03. The number of anilines is 1. The molecule has 3 rings (SSSR count). The quantitative estimate of drug-likeness (QED) is 0.931. The predicted molar refractivity (Wildman–Crippen MR) is 83.4 cm³/mol. The van der Waals surface area contributed by atoms with Gasteiger partial charge in [-0.2, -0.15) is 0 Å². The highest BCUT2D eigenvalue weighted by molar-refractivity contribution is 5.67. The van der Waals surface area contributed by atoms with Crippen molar-refractivity contribution >= 4 is 5.95 Å². The topological polar surface area (TPSA) is 64.3 Å². The van der Waals surface area contributed by atoms with Crippen LogP contribution in [0.25, 0.3) is 11.3 Å². The van der Waals surface area contributed by atoms with Crippen molar-refractivity contribution in [3.05, 3.63) is 36.5 Å². The first-order valence-corrected chi connectivity index (χ1v) is 7.26. The summed E-state index contributed by atoms with van der Waals surface area (Å²) in [4.78, 5) is 11.3. The Labute approximate surface area is 124 Å². The molecular weight excluding hydrogens is 264 g/mol. The fraction of sp³-hybridized carbons (Fsp3) is 0.375. The van der Waals surface area contributed by atoms with Gasteiger partial charge in [-0.25, -0.2) is 9.97 Å². The first-order valence-electron chi connectivity index (χ1n) is 7.26. The smallest absolute Gasteiger partial charge is 0.226 e. The number of para-hydroxylation sites is 1. The van der Waals surface area contributed by atoms with Crippen LogP contribution >= 0.6 is 0 Å². The molecule has 1 aromatic carbocycles. The molecule has 1 saturated heterocycles. The number of nitrogens with zero attached hydrogens (tertiary/aromatic N) is 3. The maximum absolute atomic E-state index is 5.84. The highest BCUT2D eigenvalue weighted by atomic mass is 16.5. The minimum atomic E-state index is 0.345. The van der Waals surface area contributed by atoms with Crippen LogP contribution in [0.2, 0.25) is 0 Å². The van der Waals surface area contributed by atoms with E-state index in [9.17, 15) is 0 Å². The van der Waals surface area contributed by atoms with Gasteiger partial charge in [0.2, 0.25) is 5.95 Å². The molecule has 0 aliphatic carbocycles. The lowest BCUT2D eigenvalue weighted by molar-refractivity contribution is 0.416. The Kier molecular flexibility index (Phi) is 4.01. The van der Waals surface area contributed by atoms with Crippen LogP contribution in [0.5, 0.6) is 5.75 Å². The number of benzene rings is 1. The molecule has 2 N–H and O–H groups in total. The Morgan fingerprint density at radius 1 is 1.33 bits per heavy atom. The zero-order chi connectivity index (χ0) is 14.7. The van der Waals surface area contributed by atoms with E-state index in [0.29, 0.717) is 12.6 Å². The van der Waals surface area contributed by atoms with Crippen molar-refractivity contribution in [3.63, 3.8) is 0 Å². The molecule has 21 heavy (non-hydrogen) atoms. The van der Waals surface area contributed by atoms with E-state index in [1.165, 1.54) is 0 Å². The maximum atomic E-state index is 5.84. The summed E-state index contributed by atoms with van der Waals surface area (Å²) in [7, 11) is 1.67. The minimum absolute atomic E-state index is 0.345. The van der Waals surface area contributed by atoms with Crippen LogP contribution < -0.4 is 15.4 Å². The molecule has 1 aromatic heterocycles. The summed E-state index contributed by atoms with van der Waals surface area (Å²) in [5, 5.41) is 0. The first kappa shape index (κ1) is 13.8. The molecule has 0 spiro atoms. The van der Waals surface area contributed by atoms with Crippen molar-refractivity contribution in [1.82, 2.24) is 9.97 Å². The summed E-state index contributed by atoms with van der Waals surface area (Å²) < 4.78 is 5.41. The maximum Gasteiger partial charge on any atom is 0.226 e. The van der Waals surface area contributed by atoms with Crippen LogP contribution in [-0.2, 0) is 0 Å². The molecule has 1 aliphatic heterocycles. The van der Waals surface area contributed by atoms with Crippen LogP contribution in [0.15, 0.2) is 36.5 Å². The lowest BCUT2D eigenvalue weighted by Crippen LogP contribution is -2.36. The lowest BCUT2D eigenvalue weighted by Gasteiger charge is -2.23. The second kappa shape index (κ2) is 6.10. The van der Waals surface area contributed by atoms with E-state index in [1.807, 2.05) is 30.3 Å². The number of hydrogen-bond acceptors (Lipinski definition) is 5. The largest absolute Gasteiger partial charge is 0.496 e. The molecule has 1 atom stereocenters. The van der Waals surface area contributed by atoms with Gasteiger partial charge in [0.15, 0.2) is 0 Å². The van der Waals surface area contributed by atoms with Crippen molar-refractivity contribution in [2.24, 2.45) is 5.73 Å². The van der Waals surface area contributed by atoms with Crippen LogP contribution in [0.4, 0.5) is 5.95 Å². The second-order valence-electron chi connectivity index (χ2n) is 5.17. The molecule has 110 valence electrons. The third-order valence-electron chi connectivity index (χ3n) is 3.93. The van der Waals surface area contributed by atoms with Gasteiger partial charge in [-0.1, -0.05) is 12.1 Å². The summed E-state index contributed by atoms with van der Waals surface area (Å²) in [6.07, 6.45) is 4.05. The molecule has 0 saturated carbocycles. The van der Waals surface area contributed by atoms with Gasteiger partial charge in [-0.3, -0.25) is 0 Å². The zero-order valence-electron chi connectivity index (χ0n) is 12.2. The van der Waals surface area contributed by atoms with Crippen LogP contribution in [-0.4, -0.2) is 36.2 Å². The Balaban J connectivity index is 1.96. The van der Waals surface area contributed by atoms with E-state index in [2.05, 4.69) is 9.88 Å². The predicted octanol–water partition coefficient (Wildman–Crippen LogP) is 2.08. The summed E-state index contributed by atoms with van der Waals surface area (Å²) in [5.41, 5.74) is 7.69. The lowest BCUT2D eigenvalue weighted by atomic mass is 10.1. The molecule has 0 radical (unpaired) electrons. The van der Waals surface area contributed by atoms with E-state index < -0.39 is 0 Å². The highest BCUT2D eigenvalue weighted by Gasteiger charge is 2.25. The van der Waals surface area contributed by atoms with E-state index in [1.54, 1.807) is 13.3 Å². The fourth-order valence-electron chi connectivity index (χ4n) is 2.84. The molecule has 0 amide bonds. The van der Waals surface area contributed by atoms with Gasteiger partial charge in [0.25, 0.3) is 0 Å². The average molecular weight is 284 g/mol. The second-order valence-corrected chi connectivity index (χ2v) is 5.17. The highest BCUT2D eigenvalue weighted by Crippen LogP contribution is 2.30. The summed E-state index contributed by atoms with van der Waals surface area (Å²) >= 11 is 0. The molecular formula is C16H20N4O. The minimum Gasteiger partial charge on any atom is -0.496 e. The van der Waals surface area contributed by atoms with Crippen LogP contribution in [0.1, 0.15) is 12.8 Å². The number of ether oxygens (including phenoxy) is 1. The van der Waals surface area contributed by atoms with E-state index >= 15 is 0 Å². The van der Waals surface area contributed by atoms with E-state index in [-0.39, 0.29) is 0 Å². The van der Waals surface area contributed by atoms with E-state index in [4.69, 9.17) is 15.5 Å². The van der Waals surface area contributed by atoms with Crippen molar-refractivity contribution < 1.29 is 4.74 Å². The molecule has 2 aromatic rings. The number of rotatable bonds is 4. The molecule has 5 heteroatoms. The third kappa shape index (κ3) is 2.69. The van der Waals surface area contributed by atoms with Crippen molar-refractivity contribution in [2.75, 3.05) is 25.1 Å². The first-order chi connectivity index (χ1) is 10.3. The Bertz CT molecular complexity index is 617. The van der Waals surface area contributed by atoms with Gasteiger partial charge >= 0.3 is 0 Å². The van der Waals surface area contributed by atoms with E-state index in [0.717, 1.165) is 42.3 Å². The molecule has 5 nitrogen and oxygen atoms in total. The molecule has 1 fully saturated rings. The van der Waals surface area contributed by atoms with Gasteiger partial charge in [-0.05, 0) is 31.0 Å². The van der Waals surface area contributed by atoms with Crippen molar-refractivity contribution in [3.8, 4) is 17.0 Å². The van der Waals surface area contributed by atoms with Crippen molar-refractivity contribution in [2.45, 2.75) is 18.9 Å². The standard InChI is InChI=1S/C16H20N4O/c1-21-15-7-3-2-6-13(15)14-8-9-18-16(19-14)20-10-4-5-12(20)11-17/h2-3,6-9,12H,4-5,10-11,17H2,1H3. The SMILES string of the molecule is COc1ccccc1-c1ccnc(N2CCCC2CN)n1.